The van der Waals surface area contributed by atoms with Crippen molar-refractivity contribution in [2.45, 2.75) is 6.42 Å². The molecule has 3 rings (SSSR count). The Balaban J connectivity index is 1.50. The van der Waals surface area contributed by atoms with Gasteiger partial charge in [-0.3, -0.25) is 4.79 Å². The highest BCUT2D eigenvalue weighted by atomic mass is 79.9. The lowest BCUT2D eigenvalue weighted by molar-refractivity contribution is -0.120. The van der Waals surface area contributed by atoms with Crippen LogP contribution >= 0.6 is 15.9 Å². The molecule has 0 aliphatic carbocycles. The number of rotatable bonds is 6. The van der Waals surface area contributed by atoms with Crippen molar-refractivity contribution in [3.05, 3.63) is 100 Å². The zero-order chi connectivity index (χ0) is 19.8. The lowest BCUT2D eigenvalue weighted by atomic mass is 10.1. The van der Waals surface area contributed by atoms with Crippen LogP contribution in [0, 0.1) is 0 Å². The van der Waals surface area contributed by atoms with Crippen LogP contribution in [-0.4, -0.2) is 18.1 Å². The zero-order valence-corrected chi connectivity index (χ0v) is 16.4. The summed E-state index contributed by atoms with van der Waals surface area (Å²) in [5, 5.41) is 3.95. The summed E-state index contributed by atoms with van der Waals surface area (Å²) >= 11 is 3.36. The van der Waals surface area contributed by atoms with Gasteiger partial charge < -0.3 is 4.74 Å². The van der Waals surface area contributed by atoms with Gasteiger partial charge in [0.25, 0.3) is 0 Å². The first-order chi connectivity index (χ1) is 13.6. The first kappa shape index (κ1) is 19.5. The second-order valence-electron chi connectivity index (χ2n) is 5.92. The van der Waals surface area contributed by atoms with Crippen LogP contribution in [0.3, 0.4) is 0 Å². The van der Waals surface area contributed by atoms with Gasteiger partial charge in [0.2, 0.25) is 5.91 Å². The molecule has 28 heavy (non-hydrogen) atoms. The number of amides is 1. The van der Waals surface area contributed by atoms with E-state index in [0.717, 1.165) is 15.6 Å². The number of carbonyl (C=O) groups excluding carboxylic acids is 2. The number of ether oxygens (including phenoxy) is 1. The van der Waals surface area contributed by atoms with Gasteiger partial charge in [-0.15, -0.1) is 0 Å². The normalized spacial score (nSPS) is 10.6. The molecule has 0 unspecified atom stereocenters. The fraction of sp³-hybridized carbons (Fsp3) is 0.0455. The molecule has 3 aromatic carbocycles. The average Bonchev–Trinajstić information content (AvgIpc) is 2.72. The molecular formula is C22H17BrN2O3. The Bertz CT molecular complexity index is 969. The van der Waals surface area contributed by atoms with Gasteiger partial charge in [-0.2, -0.15) is 5.10 Å². The highest BCUT2D eigenvalue weighted by Crippen LogP contribution is 2.14. The second kappa shape index (κ2) is 9.62. The Hall–Kier alpha value is -3.25. The van der Waals surface area contributed by atoms with Crippen LogP contribution in [0.5, 0.6) is 5.75 Å². The minimum Gasteiger partial charge on any atom is -0.423 e. The number of benzene rings is 3. The number of hydrogen-bond acceptors (Lipinski definition) is 4. The Morgan fingerprint density at radius 2 is 1.61 bits per heavy atom. The number of hydrazone groups is 1. The Kier molecular flexibility index (Phi) is 6.70. The van der Waals surface area contributed by atoms with Crippen LogP contribution in [0.15, 0.2) is 88.4 Å². The fourth-order valence-corrected chi connectivity index (χ4v) is 2.63. The maximum Gasteiger partial charge on any atom is 0.343 e. The molecule has 0 saturated carbocycles. The molecule has 0 bridgehead atoms. The summed E-state index contributed by atoms with van der Waals surface area (Å²) < 4.78 is 6.28. The third-order valence-corrected chi connectivity index (χ3v) is 4.31. The Morgan fingerprint density at radius 1 is 0.929 bits per heavy atom. The Morgan fingerprint density at radius 3 is 2.29 bits per heavy atom. The van der Waals surface area contributed by atoms with E-state index >= 15 is 0 Å². The van der Waals surface area contributed by atoms with Crippen LogP contribution in [0.25, 0.3) is 0 Å². The standard InChI is InChI=1S/C22H17BrN2O3/c23-19-10-6-16(7-11-19)14-21(26)25-24-15-17-8-12-20(13-9-17)28-22(27)18-4-2-1-3-5-18/h1-13,15H,14H2,(H,25,26)/b24-15-. The third kappa shape index (κ3) is 5.89. The number of nitrogens with one attached hydrogen (secondary N) is 1. The summed E-state index contributed by atoms with van der Waals surface area (Å²) in [5.41, 5.74) is 4.65. The molecule has 0 radical (unpaired) electrons. The molecule has 0 aliphatic rings. The van der Waals surface area contributed by atoms with Crippen LogP contribution in [0.2, 0.25) is 0 Å². The number of halogens is 1. The van der Waals surface area contributed by atoms with Gasteiger partial charge in [-0.25, -0.2) is 10.2 Å². The molecular weight excluding hydrogens is 420 g/mol. The minimum absolute atomic E-state index is 0.202. The number of esters is 1. The number of nitrogens with zero attached hydrogens (tertiary/aromatic N) is 1. The van der Waals surface area contributed by atoms with Crippen molar-refractivity contribution in [1.29, 1.82) is 0 Å². The number of hydrogen-bond donors (Lipinski definition) is 1. The van der Waals surface area contributed by atoms with Crippen LogP contribution in [0.1, 0.15) is 21.5 Å². The summed E-state index contributed by atoms with van der Waals surface area (Å²) in [6.45, 7) is 0. The van der Waals surface area contributed by atoms with Gasteiger partial charge in [0.05, 0.1) is 18.2 Å². The van der Waals surface area contributed by atoms with E-state index in [-0.39, 0.29) is 12.3 Å². The zero-order valence-electron chi connectivity index (χ0n) is 14.8. The summed E-state index contributed by atoms with van der Waals surface area (Å²) in [7, 11) is 0. The summed E-state index contributed by atoms with van der Waals surface area (Å²) in [6.07, 6.45) is 1.78. The van der Waals surface area contributed by atoms with Gasteiger partial charge in [0.1, 0.15) is 5.75 Å². The van der Waals surface area contributed by atoms with Crippen LogP contribution in [-0.2, 0) is 11.2 Å². The molecule has 0 fully saturated rings. The van der Waals surface area contributed by atoms with Crippen molar-refractivity contribution >= 4 is 34.0 Å². The van der Waals surface area contributed by atoms with E-state index < -0.39 is 5.97 Å². The quantitative estimate of drug-likeness (QED) is 0.270. The highest BCUT2D eigenvalue weighted by Gasteiger charge is 2.07. The molecule has 6 heteroatoms. The van der Waals surface area contributed by atoms with E-state index in [1.54, 1.807) is 48.5 Å². The van der Waals surface area contributed by atoms with E-state index in [9.17, 15) is 9.59 Å². The van der Waals surface area contributed by atoms with E-state index in [4.69, 9.17) is 4.74 Å². The molecule has 0 aliphatic heterocycles. The maximum atomic E-state index is 12.0. The molecule has 0 spiro atoms. The van der Waals surface area contributed by atoms with Crippen molar-refractivity contribution in [3.63, 3.8) is 0 Å². The second-order valence-corrected chi connectivity index (χ2v) is 6.84. The molecule has 0 heterocycles. The Labute approximate surface area is 171 Å². The summed E-state index contributed by atoms with van der Waals surface area (Å²) in [4.78, 5) is 23.9. The third-order valence-electron chi connectivity index (χ3n) is 3.78. The predicted octanol–water partition coefficient (Wildman–Crippen LogP) is 4.36. The smallest absolute Gasteiger partial charge is 0.343 e. The fourth-order valence-electron chi connectivity index (χ4n) is 2.37. The van der Waals surface area contributed by atoms with Crippen molar-refractivity contribution in [3.8, 4) is 5.75 Å². The highest BCUT2D eigenvalue weighted by molar-refractivity contribution is 9.10. The SMILES string of the molecule is O=C(Cc1ccc(Br)cc1)N/N=C\c1ccc(OC(=O)c2ccccc2)cc1. The van der Waals surface area contributed by atoms with Crippen molar-refractivity contribution in [2.75, 3.05) is 0 Å². The summed E-state index contributed by atoms with van der Waals surface area (Å²) in [6, 6.07) is 23.2. The molecule has 140 valence electrons. The van der Waals surface area contributed by atoms with Crippen LogP contribution < -0.4 is 10.2 Å². The molecule has 0 atom stereocenters. The monoisotopic (exact) mass is 436 g/mol. The molecule has 5 nitrogen and oxygen atoms in total. The van der Waals surface area contributed by atoms with E-state index in [2.05, 4.69) is 26.5 Å². The molecule has 1 N–H and O–H groups in total. The van der Waals surface area contributed by atoms with Gasteiger partial charge in [0, 0.05) is 4.47 Å². The lowest BCUT2D eigenvalue weighted by Gasteiger charge is -2.04. The van der Waals surface area contributed by atoms with E-state index in [1.165, 1.54) is 6.21 Å². The number of carbonyl (C=O) groups is 2. The predicted molar refractivity (Wildman–Crippen MR) is 111 cm³/mol. The average molecular weight is 437 g/mol. The van der Waals surface area contributed by atoms with Crippen molar-refractivity contribution in [2.24, 2.45) is 5.10 Å². The van der Waals surface area contributed by atoms with Gasteiger partial charge in [-0.05, 0) is 59.7 Å². The lowest BCUT2D eigenvalue weighted by Crippen LogP contribution is -2.19. The van der Waals surface area contributed by atoms with Gasteiger partial charge >= 0.3 is 5.97 Å². The van der Waals surface area contributed by atoms with E-state index in [1.807, 2.05) is 30.3 Å². The molecule has 3 aromatic rings. The molecule has 1 amide bonds. The first-order valence-corrected chi connectivity index (χ1v) is 9.33. The largest absolute Gasteiger partial charge is 0.423 e. The van der Waals surface area contributed by atoms with Crippen molar-refractivity contribution < 1.29 is 14.3 Å². The van der Waals surface area contributed by atoms with E-state index in [0.29, 0.717) is 11.3 Å². The summed E-state index contributed by atoms with van der Waals surface area (Å²) in [5.74, 6) is -0.181. The van der Waals surface area contributed by atoms with Crippen LogP contribution in [0.4, 0.5) is 0 Å². The van der Waals surface area contributed by atoms with Gasteiger partial charge in [-0.1, -0.05) is 46.3 Å². The maximum absolute atomic E-state index is 12.0. The topological polar surface area (TPSA) is 67.8 Å². The first-order valence-electron chi connectivity index (χ1n) is 8.54. The molecule has 0 saturated heterocycles. The van der Waals surface area contributed by atoms with Crippen molar-refractivity contribution in [1.82, 2.24) is 5.43 Å². The molecule has 0 aromatic heterocycles. The minimum atomic E-state index is -0.415. The van der Waals surface area contributed by atoms with Gasteiger partial charge in [0.15, 0.2) is 0 Å².